The molecule has 2 aromatic heterocycles. The van der Waals surface area contributed by atoms with Crippen molar-refractivity contribution in [1.82, 2.24) is 9.78 Å². The average molecular weight is 437 g/mol. The summed E-state index contributed by atoms with van der Waals surface area (Å²) in [5, 5.41) is 4.78. The fourth-order valence-electron chi connectivity index (χ4n) is 3.38. The van der Waals surface area contributed by atoms with E-state index in [-0.39, 0.29) is 17.4 Å². The summed E-state index contributed by atoms with van der Waals surface area (Å²) in [4.78, 5) is 24.0. The number of nitrogens with two attached hydrogens (primary N) is 1. The van der Waals surface area contributed by atoms with E-state index < -0.39 is 17.9 Å². The second-order valence-electron chi connectivity index (χ2n) is 7.41. The van der Waals surface area contributed by atoms with Gasteiger partial charge in [-0.3, -0.25) is 4.68 Å². The number of carbonyl (C=O) groups is 2. The fraction of sp³-hybridized carbons (Fsp3) is 0.174. The molecule has 0 aliphatic rings. The molecule has 1 amide bonds. The Morgan fingerprint density at radius 2 is 1.88 bits per heavy atom. The Labute approximate surface area is 182 Å². The minimum atomic E-state index is -1.25. The number of esters is 1. The summed E-state index contributed by atoms with van der Waals surface area (Å²) in [6.07, 6.45) is 0.373. The van der Waals surface area contributed by atoms with Gasteiger partial charge in [-0.1, -0.05) is 0 Å². The molecule has 8 nitrogen and oxygen atoms in total. The maximum Gasteiger partial charge on any atom is 0.412 e. The summed E-state index contributed by atoms with van der Waals surface area (Å²) in [6.45, 7) is 3.74. The van der Waals surface area contributed by atoms with E-state index >= 15 is 0 Å². The monoisotopic (exact) mass is 437 g/mol. The molecule has 4 aromatic rings. The third kappa shape index (κ3) is 4.04. The van der Waals surface area contributed by atoms with Gasteiger partial charge in [0.15, 0.2) is 0 Å². The van der Waals surface area contributed by atoms with Gasteiger partial charge in [0.05, 0.1) is 11.8 Å². The van der Waals surface area contributed by atoms with Crippen molar-refractivity contribution in [1.29, 1.82) is 0 Å². The predicted octanol–water partition coefficient (Wildman–Crippen LogP) is 4.66. The Kier molecular flexibility index (Phi) is 5.40. The molecule has 32 heavy (non-hydrogen) atoms. The molecule has 0 radical (unpaired) electrons. The van der Waals surface area contributed by atoms with Crippen LogP contribution in [0.5, 0.6) is 5.75 Å². The molecule has 0 atom stereocenters. The summed E-state index contributed by atoms with van der Waals surface area (Å²) in [5.74, 6) is -0.862. The number of primary amides is 1. The first-order chi connectivity index (χ1) is 15.2. The maximum atomic E-state index is 13.4. The van der Waals surface area contributed by atoms with Crippen molar-refractivity contribution in [3.8, 4) is 28.3 Å². The number of benzene rings is 2. The molecule has 9 heteroatoms. The summed E-state index contributed by atoms with van der Waals surface area (Å²) in [5.41, 5.74) is 7.08. The molecule has 0 aliphatic carbocycles. The van der Waals surface area contributed by atoms with Crippen molar-refractivity contribution in [2.75, 3.05) is 0 Å². The summed E-state index contributed by atoms with van der Waals surface area (Å²) in [7, 11) is 1.79. The van der Waals surface area contributed by atoms with E-state index in [4.69, 9.17) is 14.9 Å². The van der Waals surface area contributed by atoms with Crippen LogP contribution in [0, 0.1) is 5.82 Å². The van der Waals surface area contributed by atoms with E-state index in [9.17, 15) is 14.0 Å². The standard InChI is InChI=1S/C23H20FN3O5/c1-12(2)30-18-11-16-19(10-15(18)17-8-9-27(3)26-17)31-21(13-4-6-14(24)7-5-13)20(16)22(28)32-23(25)29/h4-12H,1-3H3,(H2,25,29). The number of rotatable bonds is 5. The van der Waals surface area contributed by atoms with Gasteiger partial charge in [-0.05, 0) is 56.3 Å². The normalized spacial score (nSPS) is 11.2. The van der Waals surface area contributed by atoms with Gasteiger partial charge in [0, 0.05) is 29.8 Å². The number of nitrogens with zero attached hydrogens (tertiary/aromatic N) is 2. The first kappa shape index (κ1) is 21.1. The molecule has 0 bridgehead atoms. The molecular formula is C23H20FN3O5. The minimum Gasteiger partial charge on any atom is -0.490 e. The first-order valence-corrected chi connectivity index (χ1v) is 9.77. The Bertz CT molecular complexity index is 1320. The number of hydrogen-bond acceptors (Lipinski definition) is 6. The Hall–Kier alpha value is -4.14. The number of halogens is 1. The highest BCUT2D eigenvalue weighted by atomic mass is 19.1. The number of carbonyl (C=O) groups excluding carboxylic acids is 2. The van der Waals surface area contributed by atoms with E-state index in [1.54, 1.807) is 30.1 Å². The lowest BCUT2D eigenvalue weighted by atomic mass is 10.0. The lowest BCUT2D eigenvalue weighted by molar-refractivity contribution is 0.0640. The van der Waals surface area contributed by atoms with Crippen LogP contribution in [-0.2, 0) is 11.8 Å². The highest BCUT2D eigenvalue weighted by Crippen LogP contribution is 2.40. The van der Waals surface area contributed by atoms with Crippen LogP contribution in [0.15, 0.2) is 53.1 Å². The molecule has 2 heterocycles. The van der Waals surface area contributed by atoms with Crippen molar-refractivity contribution >= 4 is 23.0 Å². The molecule has 0 saturated carbocycles. The summed E-state index contributed by atoms with van der Waals surface area (Å²) in [6, 6.07) is 10.5. The molecule has 0 aliphatic heterocycles. The second kappa shape index (κ2) is 8.18. The van der Waals surface area contributed by atoms with Crippen LogP contribution in [0.3, 0.4) is 0 Å². The van der Waals surface area contributed by atoms with Crippen molar-refractivity contribution in [2.45, 2.75) is 20.0 Å². The van der Waals surface area contributed by atoms with Crippen molar-refractivity contribution in [2.24, 2.45) is 12.8 Å². The van der Waals surface area contributed by atoms with Gasteiger partial charge in [-0.25, -0.2) is 14.0 Å². The number of ether oxygens (including phenoxy) is 2. The van der Waals surface area contributed by atoms with Gasteiger partial charge in [0.1, 0.15) is 28.5 Å². The first-order valence-electron chi connectivity index (χ1n) is 9.77. The van der Waals surface area contributed by atoms with Gasteiger partial charge >= 0.3 is 12.1 Å². The van der Waals surface area contributed by atoms with Crippen LogP contribution in [-0.4, -0.2) is 27.9 Å². The summed E-state index contributed by atoms with van der Waals surface area (Å²) >= 11 is 0. The van der Waals surface area contributed by atoms with Crippen molar-refractivity contribution in [3.05, 3.63) is 60.0 Å². The predicted molar refractivity (Wildman–Crippen MR) is 115 cm³/mol. The van der Waals surface area contributed by atoms with E-state index in [1.165, 1.54) is 24.3 Å². The Morgan fingerprint density at radius 1 is 1.16 bits per heavy atom. The van der Waals surface area contributed by atoms with Crippen LogP contribution in [0.2, 0.25) is 0 Å². The maximum absolute atomic E-state index is 13.4. The number of aryl methyl sites for hydroxylation is 1. The van der Waals surface area contributed by atoms with E-state index in [0.29, 0.717) is 33.5 Å². The molecule has 2 N–H and O–H groups in total. The number of fused-ring (bicyclic) bond motifs is 1. The Morgan fingerprint density at radius 3 is 2.47 bits per heavy atom. The molecule has 0 spiro atoms. The number of aromatic nitrogens is 2. The Balaban J connectivity index is 1.99. The quantitative estimate of drug-likeness (QED) is 0.359. The third-order valence-corrected chi connectivity index (χ3v) is 4.65. The van der Waals surface area contributed by atoms with E-state index in [0.717, 1.165) is 0 Å². The molecule has 164 valence electrons. The van der Waals surface area contributed by atoms with Crippen LogP contribution >= 0.6 is 0 Å². The van der Waals surface area contributed by atoms with Gasteiger partial charge in [0.25, 0.3) is 0 Å². The molecule has 4 rings (SSSR count). The lowest BCUT2D eigenvalue weighted by Gasteiger charge is -2.13. The molecule has 2 aromatic carbocycles. The van der Waals surface area contributed by atoms with Crippen LogP contribution < -0.4 is 10.5 Å². The zero-order valence-electron chi connectivity index (χ0n) is 17.6. The van der Waals surface area contributed by atoms with Gasteiger partial charge in [-0.15, -0.1) is 0 Å². The van der Waals surface area contributed by atoms with E-state index in [2.05, 4.69) is 9.84 Å². The van der Waals surface area contributed by atoms with Gasteiger partial charge in [-0.2, -0.15) is 5.10 Å². The minimum absolute atomic E-state index is 0.0217. The van der Waals surface area contributed by atoms with E-state index in [1.807, 2.05) is 19.9 Å². The van der Waals surface area contributed by atoms with Crippen molar-refractivity contribution in [3.63, 3.8) is 0 Å². The highest BCUT2D eigenvalue weighted by Gasteiger charge is 2.27. The van der Waals surface area contributed by atoms with Gasteiger partial charge < -0.3 is 19.6 Å². The van der Waals surface area contributed by atoms with Crippen LogP contribution in [0.1, 0.15) is 24.2 Å². The van der Waals surface area contributed by atoms with Crippen LogP contribution in [0.25, 0.3) is 33.6 Å². The second-order valence-corrected chi connectivity index (χ2v) is 7.41. The SMILES string of the molecule is CC(C)Oc1cc2c(C(=O)OC(N)=O)c(-c3ccc(F)cc3)oc2cc1-c1ccn(C)n1. The number of hydrogen-bond donors (Lipinski definition) is 1. The third-order valence-electron chi connectivity index (χ3n) is 4.65. The average Bonchev–Trinajstić information content (AvgIpc) is 3.30. The summed E-state index contributed by atoms with van der Waals surface area (Å²) < 4.78 is 31.7. The fourth-order valence-corrected chi connectivity index (χ4v) is 3.38. The largest absolute Gasteiger partial charge is 0.490 e. The smallest absolute Gasteiger partial charge is 0.412 e. The molecule has 0 unspecified atom stereocenters. The highest BCUT2D eigenvalue weighted by molar-refractivity contribution is 6.12. The number of amides is 1. The lowest BCUT2D eigenvalue weighted by Crippen LogP contribution is -2.18. The topological polar surface area (TPSA) is 110 Å². The molecule has 0 fully saturated rings. The van der Waals surface area contributed by atoms with Crippen LogP contribution in [0.4, 0.5) is 9.18 Å². The zero-order valence-corrected chi connectivity index (χ0v) is 17.6. The van der Waals surface area contributed by atoms with Gasteiger partial charge in [0.2, 0.25) is 0 Å². The molecule has 0 saturated heterocycles. The number of furan rings is 1. The van der Waals surface area contributed by atoms with Crippen molar-refractivity contribution < 1.29 is 27.9 Å². The molecular weight excluding hydrogens is 417 g/mol. The zero-order chi connectivity index (χ0) is 23.0.